The molecule has 0 radical (unpaired) electrons. The maximum atomic E-state index is 12.5. The summed E-state index contributed by atoms with van der Waals surface area (Å²) in [5, 5.41) is 12.9. The van der Waals surface area contributed by atoms with Gasteiger partial charge < -0.3 is 14.6 Å². The molecule has 3 aromatic rings. The maximum Gasteiger partial charge on any atom is 0.341 e. The second kappa shape index (κ2) is 9.63. The number of nitrogens with zero attached hydrogens (tertiary/aromatic N) is 3. The molecule has 2 aromatic heterocycles. The number of thioether (sulfide) groups is 1. The molecule has 3 rings (SSSR count). The third-order valence-electron chi connectivity index (χ3n) is 4.46. The Morgan fingerprint density at radius 1 is 1.33 bits per heavy atom. The largest absolute Gasteiger partial charge is 0.465 e. The van der Waals surface area contributed by atoms with Crippen LogP contribution >= 0.6 is 34.7 Å². The molecule has 2 heterocycles. The van der Waals surface area contributed by atoms with Gasteiger partial charge in [0.15, 0.2) is 11.0 Å². The first-order valence-corrected chi connectivity index (χ1v) is 11.3. The van der Waals surface area contributed by atoms with Crippen molar-refractivity contribution in [3.05, 3.63) is 45.3 Å². The van der Waals surface area contributed by atoms with Crippen LogP contribution in [0.25, 0.3) is 11.4 Å². The monoisotopic (exact) mass is 464 g/mol. The van der Waals surface area contributed by atoms with Crippen LogP contribution in [0.15, 0.2) is 29.4 Å². The van der Waals surface area contributed by atoms with Gasteiger partial charge in [0.2, 0.25) is 5.91 Å². The van der Waals surface area contributed by atoms with E-state index < -0.39 is 5.97 Å². The summed E-state index contributed by atoms with van der Waals surface area (Å²) in [5.41, 5.74) is 2.18. The van der Waals surface area contributed by atoms with Crippen molar-refractivity contribution >= 4 is 51.6 Å². The van der Waals surface area contributed by atoms with Gasteiger partial charge in [0, 0.05) is 22.5 Å². The fourth-order valence-corrected chi connectivity index (χ4v) is 5.07. The lowest BCUT2D eigenvalue weighted by Gasteiger charge is -2.07. The summed E-state index contributed by atoms with van der Waals surface area (Å²) in [5.74, 6) is 0.107. The summed E-state index contributed by atoms with van der Waals surface area (Å²) in [7, 11) is 3.17. The van der Waals surface area contributed by atoms with Crippen LogP contribution in [0.3, 0.4) is 0 Å². The van der Waals surface area contributed by atoms with Gasteiger partial charge in [0.05, 0.1) is 18.4 Å². The van der Waals surface area contributed by atoms with Crippen molar-refractivity contribution < 1.29 is 14.3 Å². The van der Waals surface area contributed by atoms with Gasteiger partial charge >= 0.3 is 5.97 Å². The van der Waals surface area contributed by atoms with Crippen molar-refractivity contribution in [1.29, 1.82) is 0 Å². The first-order chi connectivity index (χ1) is 14.3. The predicted molar refractivity (Wildman–Crippen MR) is 121 cm³/mol. The average Bonchev–Trinajstić information content (AvgIpc) is 3.24. The van der Waals surface area contributed by atoms with Crippen molar-refractivity contribution in [2.75, 3.05) is 18.2 Å². The zero-order valence-corrected chi connectivity index (χ0v) is 19.4. The third kappa shape index (κ3) is 4.69. The summed E-state index contributed by atoms with van der Waals surface area (Å²) in [6.07, 6.45) is 0.683. The molecule has 0 spiro atoms. The van der Waals surface area contributed by atoms with Crippen molar-refractivity contribution in [1.82, 2.24) is 14.8 Å². The number of amides is 1. The normalized spacial score (nSPS) is 10.8. The summed E-state index contributed by atoms with van der Waals surface area (Å²) < 4.78 is 6.71. The van der Waals surface area contributed by atoms with Crippen LogP contribution < -0.4 is 5.32 Å². The van der Waals surface area contributed by atoms with E-state index >= 15 is 0 Å². The number of methoxy groups -OCH3 is 1. The third-order valence-corrected chi connectivity index (χ3v) is 6.77. The number of ether oxygens (including phenoxy) is 1. The number of thiophene rings is 1. The Kier molecular flexibility index (Phi) is 7.17. The van der Waals surface area contributed by atoms with E-state index in [1.807, 2.05) is 43.7 Å². The van der Waals surface area contributed by atoms with E-state index in [0.717, 1.165) is 16.0 Å². The molecule has 1 aromatic carbocycles. The van der Waals surface area contributed by atoms with Crippen molar-refractivity contribution in [2.45, 2.75) is 25.4 Å². The molecule has 1 N–H and O–H groups in total. The minimum Gasteiger partial charge on any atom is -0.465 e. The highest BCUT2D eigenvalue weighted by atomic mass is 35.5. The quantitative estimate of drug-likeness (QED) is 0.406. The zero-order valence-electron chi connectivity index (χ0n) is 17.0. The average molecular weight is 465 g/mol. The number of hydrogen-bond acceptors (Lipinski definition) is 7. The van der Waals surface area contributed by atoms with Crippen LogP contribution in [0.5, 0.6) is 0 Å². The van der Waals surface area contributed by atoms with Gasteiger partial charge in [0.25, 0.3) is 0 Å². The number of aryl methyl sites for hydroxylation is 1. The number of carbonyl (C=O) groups is 2. The minimum absolute atomic E-state index is 0.126. The first-order valence-electron chi connectivity index (χ1n) is 9.14. The molecule has 30 heavy (non-hydrogen) atoms. The standard InChI is InChI=1S/C20H21ClN4O3S2/c1-5-14-11(2)30-18(16(14)19(27)28-4)22-15(26)10-29-20-24-23-17(25(20)3)12-7-6-8-13(21)9-12/h6-9H,5,10H2,1-4H3,(H,22,26). The van der Waals surface area contributed by atoms with Gasteiger partial charge in [-0.2, -0.15) is 0 Å². The lowest BCUT2D eigenvalue weighted by molar-refractivity contribution is -0.113. The molecule has 158 valence electrons. The van der Waals surface area contributed by atoms with Gasteiger partial charge in [-0.1, -0.05) is 42.4 Å². The van der Waals surface area contributed by atoms with Crippen LogP contribution in [0.4, 0.5) is 5.00 Å². The Hall–Kier alpha value is -2.36. The number of esters is 1. The number of benzene rings is 1. The van der Waals surface area contributed by atoms with Crippen molar-refractivity contribution in [3.63, 3.8) is 0 Å². The van der Waals surface area contributed by atoms with E-state index in [4.69, 9.17) is 16.3 Å². The molecular weight excluding hydrogens is 444 g/mol. The number of aromatic nitrogens is 3. The Bertz CT molecular complexity index is 1090. The SMILES string of the molecule is CCc1c(C)sc(NC(=O)CSc2nnc(-c3cccc(Cl)c3)n2C)c1C(=O)OC. The van der Waals surface area contributed by atoms with Crippen LogP contribution in [0.1, 0.15) is 27.7 Å². The van der Waals surface area contributed by atoms with Gasteiger partial charge in [-0.3, -0.25) is 4.79 Å². The molecule has 0 atom stereocenters. The number of rotatable bonds is 7. The van der Waals surface area contributed by atoms with Gasteiger partial charge in [0.1, 0.15) is 5.00 Å². The summed E-state index contributed by atoms with van der Waals surface area (Å²) >= 11 is 8.70. The van der Waals surface area contributed by atoms with Gasteiger partial charge in [-0.15, -0.1) is 21.5 Å². The molecule has 1 amide bonds. The molecule has 10 heteroatoms. The number of anilines is 1. The molecule has 7 nitrogen and oxygen atoms in total. The Labute approximate surface area is 187 Å². The zero-order chi connectivity index (χ0) is 21.8. The molecule has 0 aliphatic rings. The molecule has 0 fully saturated rings. The molecule has 0 aliphatic carbocycles. The Morgan fingerprint density at radius 2 is 2.10 bits per heavy atom. The highest BCUT2D eigenvalue weighted by Crippen LogP contribution is 2.34. The van der Waals surface area contributed by atoms with Crippen molar-refractivity contribution in [3.8, 4) is 11.4 Å². The van der Waals surface area contributed by atoms with E-state index in [9.17, 15) is 9.59 Å². The smallest absolute Gasteiger partial charge is 0.341 e. The van der Waals surface area contributed by atoms with E-state index in [2.05, 4.69) is 15.5 Å². The summed E-state index contributed by atoms with van der Waals surface area (Å²) in [6, 6.07) is 7.35. The number of hydrogen-bond donors (Lipinski definition) is 1. The van der Waals surface area contributed by atoms with E-state index in [0.29, 0.717) is 33.0 Å². The fourth-order valence-electron chi connectivity index (χ4n) is 3.02. The van der Waals surface area contributed by atoms with Gasteiger partial charge in [-0.05, 0) is 31.0 Å². The predicted octanol–water partition coefficient (Wildman–Crippen LogP) is 4.59. The first kappa shape index (κ1) is 22.3. The second-order valence-electron chi connectivity index (χ2n) is 6.40. The van der Waals surface area contributed by atoms with Crippen molar-refractivity contribution in [2.24, 2.45) is 7.05 Å². The lowest BCUT2D eigenvalue weighted by Crippen LogP contribution is -2.16. The van der Waals surface area contributed by atoms with Crippen LogP contribution in [-0.2, 0) is 23.0 Å². The number of nitrogens with one attached hydrogen (secondary N) is 1. The molecule has 0 bridgehead atoms. The molecular formula is C20H21ClN4O3S2. The second-order valence-corrected chi connectivity index (χ2v) is 9.00. The van der Waals surface area contributed by atoms with Crippen LogP contribution in [0.2, 0.25) is 5.02 Å². The minimum atomic E-state index is -0.446. The Morgan fingerprint density at radius 3 is 2.77 bits per heavy atom. The van der Waals surface area contributed by atoms with E-state index in [1.54, 1.807) is 6.07 Å². The maximum absolute atomic E-state index is 12.5. The number of carbonyl (C=O) groups excluding carboxylic acids is 2. The van der Waals surface area contributed by atoms with Crippen LogP contribution in [0, 0.1) is 6.92 Å². The lowest BCUT2D eigenvalue weighted by atomic mass is 10.1. The van der Waals surface area contributed by atoms with Crippen LogP contribution in [-0.4, -0.2) is 39.5 Å². The molecule has 0 aliphatic heterocycles. The molecule has 0 saturated carbocycles. The fraction of sp³-hybridized carbons (Fsp3) is 0.300. The molecule has 0 saturated heterocycles. The van der Waals surface area contributed by atoms with Gasteiger partial charge in [-0.25, -0.2) is 4.79 Å². The summed E-state index contributed by atoms with van der Waals surface area (Å²) in [6.45, 7) is 3.89. The topological polar surface area (TPSA) is 86.1 Å². The Balaban J connectivity index is 1.71. The molecule has 0 unspecified atom stereocenters. The van der Waals surface area contributed by atoms with E-state index in [1.165, 1.54) is 30.2 Å². The highest BCUT2D eigenvalue weighted by molar-refractivity contribution is 7.99. The number of halogens is 1. The highest BCUT2D eigenvalue weighted by Gasteiger charge is 2.23. The summed E-state index contributed by atoms with van der Waals surface area (Å²) in [4.78, 5) is 25.7. The van der Waals surface area contributed by atoms with E-state index in [-0.39, 0.29) is 11.7 Å².